The smallest absolute Gasteiger partial charge is 0.287 e. The molecule has 7 nitrogen and oxygen atoms in total. The molecule has 0 heterocycles. The second-order valence-electron chi connectivity index (χ2n) is 4.78. The molecule has 0 aliphatic carbocycles. The minimum absolute atomic E-state index is 0.00379. The molecule has 1 amide bonds. The van der Waals surface area contributed by atoms with E-state index in [9.17, 15) is 14.9 Å². The van der Waals surface area contributed by atoms with E-state index < -0.39 is 4.92 Å². The molecule has 0 aliphatic heterocycles. The average Bonchev–Trinajstić information content (AvgIpc) is 2.45. The lowest BCUT2D eigenvalue weighted by molar-refractivity contribution is -0.385. The summed E-state index contributed by atoms with van der Waals surface area (Å²) < 4.78 is 0. The van der Waals surface area contributed by atoms with Crippen LogP contribution in [-0.4, -0.2) is 42.9 Å². The Morgan fingerprint density at radius 1 is 1.43 bits per heavy atom. The van der Waals surface area contributed by atoms with Crippen LogP contribution in [0.2, 0.25) is 0 Å². The number of carbonyl (C=O) groups is 1. The molecule has 1 rings (SSSR count). The van der Waals surface area contributed by atoms with E-state index in [0.717, 1.165) is 6.42 Å². The first kappa shape index (κ1) is 16.4. The van der Waals surface area contributed by atoms with E-state index in [-0.39, 0.29) is 23.7 Å². The minimum atomic E-state index is -0.586. The Morgan fingerprint density at radius 2 is 2.10 bits per heavy atom. The zero-order valence-electron chi connectivity index (χ0n) is 12.4. The molecule has 0 N–H and O–H groups in total. The number of nitrogens with zero attached hydrogens (tertiary/aromatic N) is 4. The molecule has 1 aromatic rings. The molecule has 0 unspecified atom stereocenters. The zero-order valence-corrected chi connectivity index (χ0v) is 12.4. The van der Waals surface area contributed by atoms with Crippen LogP contribution in [0.4, 0.5) is 11.4 Å². The van der Waals surface area contributed by atoms with Crippen LogP contribution in [0, 0.1) is 21.4 Å². The summed E-state index contributed by atoms with van der Waals surface area (Å²) in [5.41, 5.74) is 0.404. The number of nitro benzene ring substituents is 1. The summed E-state index contributed by atoms with van der Waals surface area (Å²) in [5.74, 6) is -0.0692. The summed E-state index contributed by atoms with van der Waals surface area (Å²) in [6, 6.07) is 6.15. The van der Waals surface area contributed by atoms with Gasteiger partial charge in [0.25, 0.3) is 5.69 Å². The molecule has 21 heavy (non-hydrogen) atoms. The van der Waals surface area contributed by atoms with E-state index in [0.29, 0.717) is 12.2 Å². The second-order valence-corrected chi connectivity index (χ2v) is 4.78. The van der Waals surface area contributed by atoms with E-state index in [1.807, 2.05) is 17.9 Å². The Hall–Kier alpha value is -2.62. The number of likely N-dealkylation sites (N-methyl/N-ethyl adjacent to an activating group) is 1. The van der Waals surface area contributed by atoms with Crippen molar-refractivity contribution in [3.63, 3.8) is 0 Å². The van der Waals surface area contributed by atoms with Gasteiger partial charge in [0.15, 0.2) is 0 Å². The molecular weight excluding hydrogens is 272 g/mol. The summed E-state index contributed by atoms with van der Waals surface area (Å²) in [5, 5.41) is 19.9. The summed E-state index contributed by atoms with van der Waals surface area (Å²) >= 11 is 0. The highest BCUT2D eigenvalue weighted by molar-refractivity contribution is 5.81. The van der Waals surface area contributed by atoms with Gasteiger partial charge in [-0.05, 0) is 18.6 Å². The predicted molar refractivity (Wildman–Crippen MR) is 79.0 cm³/mol. The second kappa shape index (κ2) is 7.24. The van der Waals surface area contributed by atoms with Crippen molar-refractivity contribution in [1.29, 1.82) is 5.26 Å². The minimum Gasteiger partial charge on any atom is -0.362 e. The van der Waals surface area contributed by atoms with Gasteiger partial charge in [-0.15, -0.1) is 0 Å². The third-order valence-corrected chi connectivity index (χ3v) is 2.98. The molecule has 0 saturated heterocycles. The SMILES string of the molecule is CCCN(CC(=O)N(C)C)c1ccc([N+](=O)[O-])c(C#N)c1. The average molecular weight is 290 g/mol. The Morgan fingerprint density at radius 3 is 2.57 bits per heavy atom. The van der Waals surface area contributed by atoms with Crippen LogP contribution in [0.25, 0.3) is 0 Å². The quantitative estimate of drug-likeness (QED) is 0.588. The van der Waals surface area contributed by atoms with E-state index in [1.165, 1.54) is 17.0 Å². The lowest BCUT2D eigenvalue weighted by Crippen LogP contribution is -2.37. The molecule has 0 radical (unpaired) electrons. The number of nitro groups is 1. The van der Waals surface area contributed by atoms with Crippen LogP contribution in [0.3, 0.4) is 0 Å². The van der Waals surface area contributed by atoms with Crippen LogP contribution in [0.15, 0.2) is 18.2 Å². The van der Waals surface area contributed by atoms with Crippen LogP contribution >= 0.6 is 0 Å². The van der Waals surface area contributed by atoms with E-state index in [2.05, 4.69) is 0 Å². The molecule has 112 valence electrons. The molecule has 0 fully saturated rings. The number of anilines is 1. The van der Waals surface area contributed by atoms with Crippen molar-refractivity contribution in [2.24, 2.45) is 0 Å². The predicted octanol–water partition coefficient (Wildman–Crippen LogP) is 1.77. The fourth-order valence-electron chi connectivity index (χ4n) is 1.84. The van der Waals surface area contributed by atoms with Crippen molar-refractivity contribution in [3.05, 3.63) is 33.9 Å². The number of amides is 1. The van der Waals surface area contributed by atoms with Gasteiger partial charge < -0.3 is 9.80 Å². The fourth-order valence-corrected chi connectivity index (χ4v) is 1.84. The van der Waals surface area contributed by atoms with Gasteiger partial charge in [0.05, 0.1) is 11.5 Å². The van der Waals surface area contributed by atoms with Gasteiger partial charge in [0.2, 0.25) is 5.91 Å². The summed E-state index contributed by atoms with van der Waals surface area (Å²) in [7, 11) is 3.34. The Kier molecular flexibility index (Phi) is 5.67. The number of rotatable bonds is 6. The van der Waals surface area contributed by atoms with Crippen molar-refractivity contribution >= 4 is 17.3 Å². The van der Waals surface area contributed by atoms with Crippen LogP contribution in [0.1, 0.15) is 18.9 Å². The molecule has 0 aromatic heterocycles. The maximum Gasteiger partial charge on any atom is 0.287 e. The van der Waals surface area contributed by atoms with Gasteiger partial charge in [-0.2, -0.15) is 5.26 Å². The number of nitriles is 1. The lowest BCUT2D eigenvalue weighted by Gasteiger charge is -2.25. The van der Waals surface area contributed by atoms with E-state index >= 15 is 0 Å². The van der Waals surface area contributed by atoms with Crippen molar-refractivity contribution in [3.8, 4) is 6.07 Å². The number of hydrogen-bond acceptors (Lipinski definition) is 5. The van der Waals surface area contributed by atoms with Crippen LogP contribution in [0.5, 0.6) is 0 Å². The standard InChI is InChI=1S/C14H18N4O3/c1-4-7-17(10-14(19)16(2)3)12-5-6-13(18(20)21)11(8-12)9-15/h5-6,8H,4,7,10H2,1-3H3. The first-order valence-electron chi connectivity index (χ1n) is 6.54. The Balaban J connectivity index is 3.12. The molecular formula is C14H18N4O3. The number of carbonyl (C=O) groups excluding carboxylic acids is 1. The van der Waals surface area contributed by atoms with E-state index in [1.54, 1.807) is 20.2 Å². The highest BCUT2D eigenvalue weighted by Crippen LogP contribution is 2.24. The molecule has 0 atom stereocenters. The molecule has 0 aliphatic rings. The van der Waals surface area contributed by atoms with E-state index in [4.69, 9.17) is 5.26 Å². The molecule has 0 saturated carbocycles. The first-order valence-corrected chi connectivity index (χ1v) is 6.54. The van der Waals surface area contributed by atoms with Gasteiger partial charge in [-0.25, -0.2) is 0 Å². The molecule has 1 aromatic carbocycles. The fraction of sp³-hybridized carbons (Fsp3) is 0.429. The summed E-state index contributed by atoms with van der Waals surface area (Å²) in [6.45, 7) is 2.77. The van der Waals surface area contributed by atoms with Crippen molar-refractivity contribution in [2.45, 2.75) is 13.3 Å². The largest absolute Gasteiger partial charge is 0.362 e. The van der Waals surface area contributed by atoms with Crippen LogP contribution < -0.4 is 4.90 Å². The normalized spacial score (nSPS) is 9.81. The topological polar surface area (TPSA) is 90.5 Å². The van der Waals surface area contributed by atoms with Crippen molar-refractivity contribution in [1.82, 2.24) is 4.90 Å². The number of benzene rings is 1. The highest BCUT2D eigenvalue weighted by atomic mass is 16.6. The monoisotopic (exact) mass is 290 g/mol. The maximum atomic E-state index is 11.8. The lowest BCUT2D eigenvalue weighted by atomic mass is 10.1. The third kappa shape index (κ3) is 4.18. The van der Waals surface area contributed by atoms with Gasteiger partial charge in [-0.3, -0.25) is 14.9 Å². The van der Waals surface area contributed by atoms with Gasteiger partial charge in [-0.1, -0.05) is 6.92 Å². The Labute approximate surface area is 123 Å². The number of hydrogen-bond donors (Lipinski definition) is 0. The maximum absolute atomic E-state index is 11.8. The molecule has 0 spiro atoms. The zero-order chi connectivity index (χ0) is 16.0. The summed E-state index contributed by atoms with van der Waals surface area (Å²) in [4.78, 5) is 25.4. The first-order chi connectivity index (χ1) is 9.90. The van der Waals surface area contributed by atoms with Gasteiger partial charge in [0.1, 0.15) is 11.6 Å². The molecule has 0 bridgehead atoms. The van der Waals surface area contributed by atoms with Crippen molar-refractivity contribution in [2.75, 3.05) is 32.1 Å². The third-order valence-electron chi connectivity index (χ3n) is 2.98. The Bertz CT molecular complexity index is 578. The summed E-state index contributed by atoms with van der Waals surface area (Å²) in [6.07, 6.45) is 0.819. The molecule has 7 heteroatoms. The van der Waals surface area contributed by atoms with Gasteiger partial charge >= 0.3 is 0 Å². The van der Waals surface area contributed by atoms with Gasteiger partial charge in [0, 0.05) is 32.4 Å². The van der Waals surface area contributed by atoms with Crippen LogP contribution in [-0.2, 0) is 4.79 Å². The highest BCUT2D eigenvalue weighted by Gasteiger charge is 2.18. The van der Waals surface area contributed by atoms with Crippen molar-refractivity contribution < 1.29 is 9.72 Å².